The molecule has 4 N–H and O–H groups in total. The highest BCUT2D eigenvalue weighted by Crippen LogP contribution is 2.57. The first-order valence-corrected chi connectivity index (χ1v) is 14.0. The summed E-state index contributed by atoms with van der Waals surface area (Å²) >= 11 is 2.07. The molecule has 182 valence electrons. The van der Waals surface area contributed by atoms with Crippen LogP contribution in [-0.2, 0) is 10.2 Å². The number of carbonyl (C=O) groups is 1. The Labute approximate surface area is 214 Å². The first-order valence-electron chi connectivity index (χ1n) is 11.4. The largest absolute Gasteiger partial charge is 0.506 e. The van der Waals surface area contributed by atoms with E-state index in [9.17, 15) is 23.4 Å². The lowest BCUT2D eigenvalue weighted by atomic mass is 9.63. The molecule has 0 unspecified atom stereocenters. The van der Waals surface area contributed by atoms with Crippen molar-refractivity contribution >= 4 is 56.4 Å². The molecule has 6 nitrogen and oxygen atoms in total. The van der Waals surface area contributed by atoms with Crippen LogP contribution in [0, 0.1) is 9.39 Å². The van der Waals surface area contributed by atoms with Gasteiger partial charge in [-0.3, -0.25) is 13.9 Å². The number of amidine groups is 1. The van der Waals surface area contributed by atoms with Gasteiger partial charge in [-0.1, -0.05) is 56.4 Å². The fourth-order valence-corrected chi connectivity index (χ4v) is 6.68. The quantitative estimate of drug-likeness (QED) is 0.248. The van der Waals surface area contributed by atoms with Gasteiger partial charge in [0.15, 0.2) is 11.6 Å². The number of halogens is 2. The highest BCUT2D eigenvalue weighted by atomic mass is 127. The van der Waals surface area contributed by atoms with E-state index >= 15 is 0 Å². The molecule has 1 heterocycles. The second-order valence-electron chi connectivity index (χ2n) is 8.76. The minimum Gasteiger partial charge on any atom is -0.506 e. The number of rotatable bonds is 7. The van der Waals surface area contributed by atoms with Crippen molar-refractivity contribution in [2.75, 3.05) is 5.32 Å². The molecule has 0 radical (unpaired) electrons. The van der Waals surface area contributed by atoms with Gasteiger partial charge in [-0.15, -0.1) is 4.40 Å². The molecule has 0 spiro atoms. The van der Waals surface area contributed by atoms with E-state index in [2.05, 4.69) is 32.3 Å². The molecule has 0 amide bonds. The molecule has 4 rings (SSSR count). The molecule has 1 aliphatic heterocycles. The van der Waals surface area contributed by atoms with E-state index in [0.717, 1.165) is 29.3 Å². The minimum atomic E-state index is -3.62. The summed E-state index contributed by atoms with van der Waals surface area (Å²) in [5.74, 6) is -1.37. The van der Waals surface area contributed by atoms with Crippen molar-refractivity contribution in [3.05, 3.63) is 62.5 Å². The molecular weight excluding hydrogens is 570 g/mol. The zero-order valence-corrected chi connectivity index (χ0v) is 22.0. The maximum absolute atomic E-state index is 14.3. The zero-order valence-electron chi connectivity index (χ0n) is 19.1. The van der Waals surface area contributed by atoms with Crippen LogP contribution in [0.5, 0.6) is 0 Å². The second-order valence-corrected chi connectivity index (χ2v) is 11.7. The number of hydrogen-bond acceptors (Lipinski definition) is 6. The molecule has 34 heavy (non-hydrogen) atoms. The lowest BCUT2D eigenvalue weighted by molar-refractivity contribution is -0.121. The molecule has 9 heteroatoms. The molecule has 0 saturated heterocycles. The normalized spacial score (nSPS) is 19.1. The van der Waals surface area contributed by atoms with Crippen LogP contribution in [0.15, 0.2) is 51.3 Å². The summed E-state index contributed by atoms with van der Waals surface area (Å²) in [4.78, 5) is 14.4. The first-order chi connectivity index (χ1) is 16.1. The van der Waals surface area contributed by atoms with Crippen molar-refractivity contribution < 1.29 is 23.4 Å². The molecule has 2 aromatic rings. The molecule has 2 aromatic carbocycles. The Balaban J connectivity index is 1.94. The van der Waals surface area contributed by atoms with Crippen LogP contribution in [0.2, 0.25) is 0 Å². The average Bonchev–Trinajstić information content (AvgIpc) is 2.79. The lowest BCUT2D eigenvalue weighted by Crippen LogP contribution is -2.44. The number of anilines is 1. The summed E-state index contributed by atoms with van der Waals surface area (Å²) in [5, 5.41) is 14.3. The van der Waals surface area contributed by atoms with E-state index in [0.29, 0.717) is 24.1 Å². The summed E-state index contributed by atoms with van der Waals surface area (Å²) in [6, 6.07) is 9.25. The van der Waals surface area contributed by atoms with Gasteiger partial charge in [0.2, 0.25) is 0 Å². The van der Waals surface area contributed by atoms with Crippen LogP contribution in [0.4, 0.5) is 10.1 Å². The Morgan fingerprint density at radius 1 is 1.09 bits per heavy atom. The van der Waals surface area contributed by atoms with Crippen LogP contribution in [0.3, 0.4) is 0 Å². The number of nitrogens with one attached hydrogen (secondary N) is 1. The van der Waals surface area contributed by atoms with Gasteiger partial charge in [-0.25, -0.2) is 4.39 Å². The number of nitrogens with zero attached hydrogens (tertiary/aromatic N) is 1. The van der Waals surface area contributed by atoms with Crippen molar-refractivity contribution in [2.24, 2.45) is 4.40 Å². The molecule has 0 bridgehead atoms. The van der Waals surface area contributed by atoms with Crippen molar-refractivity contribution in [1.82, 2.24) is 0 Å². The molecule has 0 aromatic heterocycles. The number of unbranched alkanes of at least 4 members (excludes halogenated alkanes) is 2. The number of benzene rings is 2. The van der Waals surface area contributed by atoms with Gasteiger partial charge >= 0.3 is 0 Å². The SMILES string of the molecule is CCCCC1(CCCC)C(=O)C(C2=NS(O)(O)c3cc(I)ccc3N2)=C(O)c2cc(F)ccc21. The van der Waals surface area contributed by atoms with E-state index in [1.54, 1.807) is 24.3 Å². The Morgan fingerprint density at radius 2 is 1.76 bits per heavy atom. The Bertz CT molecular complexity index is 1200. The molecule has 0 atom stereocenters. The third-order valence-electron chi connectivity index (χ3n) is 6.51. The van der Waals surface area contributed by atoms with Gasteiger partial charge in [0, 0.05) is 9.13 Å². The number of aliphatic hydroxyl groups excluding tert-OH is 1. The number of fused-ring (bicyclic) bond motifs is 2. The Kier molecular flexibility index (Phi) is 7.10. The summed E-state index contributed by atoms with van der Waals surface area (Å²) < 4.78 is 40.8. The van der Waals surface area contributed by atoms with Crippen molar-refractivity contribution in [2.45, 2.75) is 62.7 Å². The van der Waals surface area contributed by atoms with Crippen LogP contribution < -0.4 is 5.32 Å². The summed E-state index contributed by atoms with van der Waals surface area (Å²) in [6.45, 7) is 4.09. The summed E-state index contributed by atoms with van der Waals surface area (Å²) in [6.07, 6.45) is 4.36. The standard InChI is InChI=1S/C25H28FIN2O4S/c1-3-5-11-25(12-6-4-2)18-9-7-15(26)13-17(18)22(30)21(23(25)31)24-28-19-10-8-16(27)14-20(19)34(32,33)29-24/h7-10,13-14,30,32-33H,3-6,11-12H2,1-2H3,(H,28,29). The molecule has 0 fully saturated rings. The summed E-state index contributed by atoms with van der Waals surface area (Å²) in [7, 11) is -3.62. The third-order valence-corrected chi connectivity index (χ3v) is 8.55. The van der Waals surface area contributed by atoms with Gasteiger partial charge in [0.05, 0.1) is 11.1 Å². The van der Waals surface area contributed by atoms with Crippen LogP contribution in [0.25, 0.3) is 5.76 Å². The number of carbonyl (C=O) groups excluding carboxylic acids is 1. The highest BCUT2D eigenvalue weighted by Gasteiger charge is 2.49. The van der Waals surface area contributed by atoms with E-state index in [4.69, 9.17) is 0 Å². The molecule has 0 saturated carbocycles. The van der Waals surface area contributed by atoms with Crippen molar-refractivity contribution in [1.29, 1.82) is 0 Å². The van der Waals surface area contributed by atoms with Crippen molar-refractivity contribution in [3.8, 4) is 0 Å². The van der Waals surface area contributed by atoms with E-state index in [1.165, 1.54) is 12.1 Å². The topological polar surface area (TPSA) is 102 Å². The van der Waals surface area contributed by atoms with Gasteiger partial charge in [0.1, 0.15) is 22.0 Å². The van der Waals surface area contributed by atoms with Gasteiger partial charge in [-0.05, 0) is 71.3 Å². The number of aliphatic hydroxyl groups is 1. The average molecular weight is 598 g/mol. The predicted molar refractivity (Wildman–Crippen MR) is 143 cm³/mol. The fraction of sp³-hybridized carbons (Fsp3) is 0.360. The van der Waals surface area contributed by atoms with Crippen LogP contribution in [-0.4, -0.2) is 25.8 Å². The number of Topliss-reactive ketones (excluding diaryl/α,β-unsaturated/α-hetero) is 1. The Morgan fingerprint density at radius 3 is 2.41 bits per heavy atom. The molecular formula is C25H28FIN2O4S. The van der Waals surface area contributed by atoms with Gasteiger partial charge in [-0.2, -0.15) is 0 Å². The van der Waals surface area contributed by atoms with E-state index in [1.807, 2.05) is 13.8 Å². The number of ketones is 1. The maximum atomic E-state index is 14.3. The predicted octanol–water partition coefficient (Wildman–Crippen LogP) is 7.45. The summed E-state index contributed by atoms with van der Waals surface area (Å²) in [5.41, 5.74) is 0.165. The first kappa shape index (κ1) is 25.2. The van der Waals surface area contributed by atoms with Crippen molar-refractivity contribution in [3.63, 3.8) is 0 Å². The fourth-order valence-electron chi connectivity index (χ4n) is 4.79. The second kappa shape index (κ2) is 9.60. The minimum absolute atomic E-state index is 0.108. The van der Waals surface area contributed by atoms with Gasteiger partial charge in [0.25, 0.3) is 0 Å². The monoisotopic (exact) mass is 598 g/mol. The van der Waals surface area contributed by atoms with Gasteiger partial charge < -0.3 is 10.4 Å². The van der Waals surface area contributed by atoms with E-state index < -0.39 is 27.8 Å². The van der Waals surface area contributed by atoms with E-state index in [-0.39, 0.29) is 27.7 Å². The molecule has 2 aliphatic rings. The highest BCUT2D eigenvalue weighted by molar-refractivity contribution is 14.1. The maximum Gasteiger partial charge on any atom is 0.180 e. The lowest BCUT2D eigenvalue weighted by Gasteiger charge is -2.40. The smallest absolute Gasteiger partial charge is 0.180 e. The Hall–Kier alpha value is -1.95. The number of hydrogen-bond donors (Lipinski definition) is 4. The third kappa shape index (κ3) is 4.27. The van der Waals surface area contributed by atoms with Crippen LogP contribution >= 0.6 is 33.4 Å². The zero-order chi connectivity index (χ0) is 24.7. The van der Waals surface area contributed by atoms with Crippen LogP contribution in [0.1, 0.15) is 63.5 Å². The molecule has 1 aliphatic carbocycles.